The molecule has 0 saturated heterocycles. The Balaban J connectivity index is 1.41. The van der Waals surface area contributed by atoms with Crippen molar-refractivity contribution in [2.45, 2.75) is 118 Å². The van der Waals surface area contributed by atoms with E-state index in [9.17, 15) is 13.0 Å². The van der Waals surface area contributed by atoms with Gasteiger partial charge in [-0.15, -0.1) is 0 Å². The maximum Gasteiger partial charge on any atom is 0.294 e. The van der Waals surface area contributed by atoms with Crippen LogP contribution in [0.4, 0.5) is 0 Å². The van der Waals surface area contributed by atoms with Crippen molar-refractivity contribution in [2.75, 3.05) is 0 Å². The Morgan fingerprint density at radius 3 is 1.55 bits per heavy atom. The van der Waals surface area contributed by atoms with Crippen LogP contribution in [0.3, 0.4) is 0 Å². The van der Waals surface area contributed by atoms with Crippen molar-refractivity contribution in [3.05, 3.63) is 29.8 Å². The molecule has 0 spiro atoms. The summed E-state index contributed by atoms with van der Waals surface area (Å²) < 4.78 is 31.8. The average Bonchev–Trinajstić information content (AvgIpc) is 2.76. The highest BCUT2D eigenvalue weighted by Gasteiger charge is 2.38. The minimum Gasteiger partial charge on any atom is -0.282 e. The van der Waals surface area contributed by atoms with E-state index in [1.54, 1.807) is 12.1 Å². The third-order valence-electron chi connectivity index (χ3n) is 7.76. The largest absolute Gasteiger partial charge is 0.294 e. The molecule has 3 fully saturated rings. The van der Waals surface area contributed by atoms with Gasteiger partial charge in [0.2, 0.25) is 0 Å². The van der Waals surface area contributed by atoms with Gasteiger partial charge >= 0.3 is 0 Å². The molecule has 162 valence electrons. The summed E-state index contributed by atoms with van der Waals surface area (Å²) in [6.45, 7) is 0. The van der Waals surface area contributed by atoms with Crippen LogP contribution >= 0.6 is 7.92 Å². The molecule has 0 heterocycles. The number of benzene rings is 1. The van der Waals surface area contributed by atoms with Gasteiger partial charge in [-0.3, -0.25) is 4.55 Å². The molecular weight excluding hydrogens is 399 g/mol. The molecule has 4 rings (SSSR count). The second-order valence-electron chi connectivity index (χ2n) is 9.58. The SMILES string of the molecule is O=S(=O)(O)c1ccc(C2CCC(P(C3CCCCC3)C3CCCCC3)CC2)cc1. The Bertz CT molecular complexity index is 723. The van der Waals surface area contributed by atoms with Gasteiger partial charge in [0.15, 0.2) is 0 Å². The molecule has 1 aromatic carbocycles. The zero-order chi connectivity index (χ0) is 20.3. The molecule has 5 heteroatoms. The van der Waals surface area contributed by atoms with E-state index in [-0.39, 0.29) is 12.8 Å². The lowest BCUT2D eigenvalue weighted by molar-refractivity contribution is 0.431. The van der Waals surface area contributed by atoms with Gasteiger partial charge in [0, 0.05) is 0 Å². The first-order valence-electron chi connectivity index (χ1n) is 11.9. The molecule has 3 aliphatic carbocycles. The Morgan fingerprint density at radius 2 is 1.10 bits per heavy atom. The van der Waals surface area contributed by atoms with E-state index in [0.717, 1.165) is 17.0 Å². The van der Waals surface area contributed by atoms with Crippen molar-refractivity contribution in [1.82, 2.24) is 0 Å². The topological polar surface area (TPSA) is 54.4 Å². The van der Waals surface area contributed by atoms with Gasteiger partial charge in [0.05, 0.1) is 4.90 Å². The minimum atomic E-state index is -4.09. The Labute approximate surface area is 178 Å². The Morgan fingerprint density at radius 1 is 0.655 bits per heavy atom. The molecule has 0 atom stereocenters. The molecule has 3 nitrogen and oxygen atoms in total. The highest BCUT2D eigenvalue weighted by molar-refractivity contribution is 7.85. The van der Waals surface area contributed by atoms with Crippen LogP contribution in [0.1, 0.15) is 101 Å². The van der Waals surface area contributed by atoms with E-state index < -0.39 is 10.1 Å². The van der Waals surface area contributed by atoms with Crippen LogP contribution in [0.25, 0.3) is 0 Å². The monoisotopic (exact) mass is 436 g/mol. The lowest BCUT2D eigenvalue weighted by Gasteiger charge is -2.45. The standard InChI is InChI=1S/C24H37O3PS/c25-29(26,27)24-17-13-20(14-18-24)19-11-15-23(16-12-19)28(21-7-3-1-4-8-21)22-9-5-2-6-10-22/h13-14,17-19,21-23H,1-12,15-16H2,(H,25,26,27). The number of hydrogen-bond acceptors (Lipinski definition) is 2. The van der Waals surface area contributed by atoms with E-state index in [1.165, 1.54) is 95.5 Å². The van der Waals surface area contributed by atoms with Crippen LogP contribution in [-0.4, -0.2) is 29.9 Å². The lowest BCUT2D eigenvalue weighted by Crippen LogP contribution is -2.29. The summed E-state index contributed by atoms with van der Waals surface area (Å²) in [7, 11) is -3.93. The maximum absolute atomic E-state index is 11.3. The first-order chi connectivity index (χ1) is 14.0. The predicted molar refractivity (Wildman–Crippen MR) is 122 cm³/mol. The van der Waals surface area contributed by atoms with Crippen molar-refractivity contribution < 1.29 is 13.0 Å². The van der Waals surface area contributed by atoms with E-state index in [0.29, 0.717) is 5.92 Å². The van der Waals surface area contributed by atoms with E-state index in [2.05, 4.69) is 0 Å². The lowest BCUT2D eigenvalue weighted by atomic mass is 9.84. The fraction of sp³-hybridized carbons (Fsp3) is 0.750. The van der Waals surface area contributed by atoms with Crippen molar-refractivity contribution in [2.24, 2.45) is 0 Å². The Kier molecular flexibility index (Phi) is 7.35. The first-order valence-corrected chi connectivity index (χ1v) is 14.9. The minimum absolute atomic E-state index is 0.00746. The normalized spacial score (nSPS) is 27.9. The van der Waals surface area contributed by atoms with E-state index >= 15 is 0 Å². The summed E-state index contributed by atoms with van der Waals surface area (Å²) >= 11 is 0. The van der Waals surface area contributed by atoms with Gasteiger partial charge in [-0.1, -0.05) is 58.6 Å². The quantitative estimate of drug-likeness (QED) is 0.395. The van der Waals surface area contributed by atoms with Crippen molar-refractivity contribution >= 4 is 18.0 Å². The van der Waals surface area contributed by atoms with Gasteiger partial charge in [-0.25, -0.2) is 0 Å². The molecule has 0 radical (unpaired) electrons. The molecule has 0 unspecified atom stereocenters. The average molecular weight is 437 g/mol. The highest BCUT2D eigenvalue weighted by Crippen LogP contribution is 2.62. The summed E-state index contributed by atoms with van der Waals surface area (Å²) in [6.07, 6.45) is 20.0. The smallest absolute Gasteiger partial charge is 0.282 e. The van der Waals surface area contributed by atoms with Crippen LogP contribution in [0.5, 0.6) is 0 Å². The molecule has 1 aromatic rings. The van der Waals surface area contributed by atoms with Crippen LogP contribution in [-0.2, 0) is 10.1 Å². The fourth-order valence-electron chi connectivity index (χ4n) is 6.27. The van der Waals surface area contributed by atoms with E-state index in [4.69, 9.17) is 0 Å². The Hall–Kier alpha value is -0.440. The molecular formula is C24H37O3PS. The van der Waals surface area contributed by atoms with Crippen LogP contribution in [0.15, 0.2) is 29.2 Å². The van der Waals surface area contributed by atoms with E-state index in [1.807, 2.05) is 12.1 Å². The maximum atomic E-state index is 11.3. The molecule has 0 bridgehead atoms. The van der Waals surface area contributed by atoms with Gasteiger partial charge in [0.25, 0.3) is 10.1 Å². The molecule has 0 amide bonds. The zero-order valence-electron chi connectivity index (χ0n) is 17.6. The third-order valence-corrected chi connectivity index (χ3v) is 12.7. The zero-order valence-corrected chi connectivity index (χ0v) is 19.3. The van der Waals surface area contributed by atoms with Gasteiger partial charge in [-0.2, -0.15) is 8.42 Å². The molecule has 29 heavy (non-hydrogen) atoms. The van der Waals surface area contributed by atoms with Gasteiger partial charge < -0.3 is 0 Å². The molecule has 0 aliphatic heterocycles. The van der Waals surface area contributed by atoms with Crippen LogP contribution in [0, 0.1) is 0 Å². The van der Waals surface area contributed by atoms with Crippen LogP contribution in [0.2, 0.25) is 0 Å². The second-order valence-corrected chi connectivity index (χ2v) is 14.1. The first kappa shape index (κ1) is 21.8. The third kappa shape index (κ3) is 5.43. The van der Waals surface area contributed by atoms with Gasteiger partial charge in [-0.05, 0) is 92.0 Å². The number of hydrogen-bond donors (Lipinski definition) is 1. The predicted octanol–water partition coefficient (Wildman–Crippen LogP) is 7.11. The second kappa shape index (κ2) is 9.79. The van der Waals surface area contributed by atoms with Crippen molar-refractivity contribution in [3.8, 4) is 0 Å². The fourth-order valence-corrected chi connectivity index (χ4v) is 11.4. The van der Waals surface area contributed by atoms with Gasteiger partial charge in [0.1, 0.15) is 0 Å². The van der Waals surface area contributed by atoms with Crippen molar-refractivity contribution in [3.63, 3.8) is 0 Å². The summed E-state index contributed by atoms with van der Waals surface area (Å²) in [6, 6.07) is 6.96. The van der Waals surface area contributed by atoms with Crippen molar-refractivity contribution in [1.29, 1.82) is 0 Å². The van der Waals surface area contributed by atoms with Crippen LogP contribution < -0.4 is 0 Å². The molecule has 3 aliphatic rings. The molecule has 0 aromatic heterocycles. The molecule has 3 saturated carbocycles. The molecule has 1 N–H and O–H groups in total. The number of rotatable bonds is 5. The summed E-state index contributed by atoms with van der Waals surface area (Å²) in [5, 5.41) is 0. The summed E-state index contributed by atoms with van der Waals surface area (Å²) in [5.41, 5.74) is 4.29. The summed E-state index contributed by atoms with van der Waals surface area (Å²) in [4.78, 5) is 0.00746. The highest BCUT2D eigenvalue weighted by atomic mass is 32.2. The summed E-state index contributed by atoms with van der Waals surface area (Å²) in [5.74, 6) is 0.552.